The first-order valence-corrected chi connectivity index (χ1v) is 9.86. The molecule has 0 aliphatic rings. The van der Waals surface area contributed by atoms with Crippen molar-refractivity contribution in [1.29, 1.82) is 0 Å². The second-order valence-electron chi connectivity index (χ2n) is 6.42. The lowest BCUT2D eigenvalue weighted by molar-refractivity contribution is 0.0912. The van der Waals surface area contributed by atoms with Crippen molar-refractivity contribution in [3.05, 3.63) is 90.1 Å². The van der Waals surface area contributed by atoms with Gasteiger partial charge in [0.1, 0.15) is 5.76 Å². The van der Waals surface area contributed by atoms with Crippen LogP contribution in [-0.2, 0) is 0 Å². The molecule has 1 unspecified atom stereocenters. The summed E-state index contributed by atoms with van der Waals surface area (Å²) in [6.45, 7) is 7.89. The van der Waals surface area contributed by atoms with Crippen molar-refractivity contribution in [3.63, 3.8) is 0 Å². The molecule has 144 valence electrons. The summed E-state index contributed by atoms with van der Waals surface area (Å²) >= 11 is 1.53. The van der Waals surface area contributed by atoms with Crippen LogP contribution in [0.5, 0.6) is 0 Å². The second-order valence-corrected chi connectivity index (χ2v) is 7.44. The fourth-order valence-corrected chi connectivity index (χ4v) is 3.69. The van der Waals surface area contributed by atoms with Gasteiger partial charge in [-0.25, -0.2) is 0 Å². The number of rotatable bonds is 8. The predicted molar refractivity (Wildman–Crippen MR) is 113 cm³/mol. The summed E-state index contributed by atoms with van der Waals surface area (Å²) < 4.78 is 11.1. The molecule has 2 aromatic heterocycles. The van der Waals surface area contributed by atoms with Gasteiger partial charge in [0.15, 0.2) is 10.9 Å². The number of carbonyl (C=O) groups is 1. The monoisotopic (exact) mass is 393 g/mol. The molecule has 1 amide bonds. The van der Waals surface area contributed by atoms with Gasteiger partial charge in [0.25, 0.3) is 5.91 Å². The van der Waals surface area contributed by atoms with E-state index >= 15 is 0 Å². The topological polar surface area (TPSA) is 55.4 Å². The molecule has 1 N–H and O–H groups in total. The lowest BCUT2D eigenvalue weighted by Crippen LogP contribution is -2.32. The van der Waals surface area contributed by atoms with Crippen LogP contribution in [0.1, 0.15) is 33.9 Å². The van der Waals surface area contributed by atoms with E-state index in [0.717, 1.165) is 10.7 Å². The molecule has 3 aromatic rings. The molecule has 5 heteroatoms. The third kappa shape index (κ3) is 5.08. The van der Waals surface area contributed by atoms with E-state index in [-0.39, 0.29) is 17.7 Å². The first-order valence-electron chi connectivity index (χ1n) is 9.04. The van der Waals surface area contributed by atoms with Crippen molar-refractivity contribution in [2.45, 2.75) is 36.3 Å². The van der Waals surface area contributed by atoms with Gasteiger partial charge in [-0.15, -0.1) is 6.58 Å². The summed E-state index contributed by atoms with van der Waals surface area (Å²) in [6.07, 6.45) is 7.70. The Balaban J connectivity index is 1.67. The van der Waals surface area contributed by atoms with Gasteiger partial charge in [-0.3, -0.25) is 4.79 Å². The van der Waals surface area contributed by atoms with Crippen LogP contribution >= 0.6 is 11.8 Å². The largest absolute Gasteiger partial charge is 0.465 e. The smallest absolute Gasteiger partial charge is 0.287 e. The van der Waals surface area contributed by atoms with E-state index in [1.54, 1.807) is 18.4 Å². The standard InChI is InChI=1S/C23H23NO3S/c1-4-7-18(11-12-19-10-6-15-26-19)24-23(25)20-13-14-21(27-20)28-22-16(2)8-5-9-17(22)3/h4-6,8-15,18H,1,7H2,2-3H3,(H,24,25)/b12-11+. The predicted octanol–water partition coefficient (Wildman–Crippen LogP) is 6.03. The van der Waals surface area contributed by atoms with E-state index in [1.165, 1.54) is 22.9 Å². The zero-order chi connectivity index (χ0) is 19.9. The number of hydrogen-bond donors (Lipinski definition) is 1. The molecule has 4 nitrogen and oxygen atoms in total. The fourth-order valence-electron chi connectivity index (χ4n) is 2.76. The first kappa shape index (κ1) is 19.8. The fraction of sp³-hybridized carbons (Fsp3) is 0.174. The normalized spacial score (nSPS) is 12.2. The zero-order valence-corrected chi connectivity index (χ0v) is 16.8. The van der Waals surface area contributed by atoms with Crippen LogP contribution in [-0.4, -0.2) is 11.9 Å². The maximum Gasteiger partial charge on any atom is 0.287 e. The zero-order valence-electron chi connectivity index (χ0n) is 16.0. The summed E-state index contributed by atoms with van der Waals surface area (Å²) in [6, 6.07) is 13.2. The van der Waals surface area contributed by atoms with Gasteiger partial charge >= 0.3 is 0 Å². The number of nitrogens with one attached hydrogen (secondary N) is 1. The number of benzene rings is 1. The van der Waals surface area contributed by atoms with Crippen LogP contribution in [0.2, 0.25) is 0 Å². The highest BCUT2D eigenvalue weighted by molar-refractivity contribution is 7.99. The van der Waals surface area contributed by atoms with E-state index in [9.17, 15) is 4.79 Å². The summed E-state index contributed by atoms with van der Waals surface area (Å²) in [4.78, 5) is 13.7. The molecule has 0 aliphatic heterocycles. The number of hydrogen-bond acceptors (Lipinski definition) is 4. The lowest BCUT2D eigenvalue weighted by Gasteiger charge is -2.12. The number of carbonyl (C=O) groups excluding carboxylic acids is 1. The lowest BCUT2D eigenvalue weighted by atomic mass is 10.1. The Morgan fingerprint density at radius 3 is 2.64 bits per heavy atom. The molecule has 3 rings (SSSR count). The van der Waals surface area contributed by atoms with Gasteiger partial charge in [-0.1, -0.05) is 42.1 Å². The third-order valence-corrected chi connectivity index (χ3v) is 5.46. The minimum atomic E-state index is -0.260. The minimum absolute atomic E-state index is 0.199. The Kier molecular flexibility index (Phi) is 6.61. The third-order valence-electron chi connectivity index (χ3n) is 4.19. The van der Waals surface area contributed by atoms with Crippen LogP contribution in [0.25, 0.3) is 6.08 Å². The molecule has 28 heavy (non-hydrogen) atoms. The van der Waals surface area contributed by atoms with Crippen LogP contribution < -0.4 is 5.32 Å². The Hall–Kier alpha value is -2.92. The summed E-state index contributed by atoms with van der Waals surface area (Å²) in [7, 11) is 0. The van der Waals surface area contributed by atoms with Gasteiger partial charge in [-0.05, 0) is 61.7 Å². The molecule has 1 atom stereocenters. The van der Waals surface area contributed by atoms with Crippen molar-refractivity contribution >= 4 is 23.7 Å². The van der Waals surface area contributed by atoms with E-state index in [0.29, 0.717) is 11.5 Å². The molecule has 0 fully saturated rings. The molecular formula is C23H23NO3S. The highest BCUT2D eigenvalue weighted by Gasteiger charge is 2.16. The summed E-state index contributed by atoms with van der Waals surface area (Å²) in [5, 5.41) is 3.64. The van der Waals surface area contributed by atoms with E-state index in [2.05, 4.69) is 37.9 Å². The summed E-state index contributed by atoms with van der Waals surface area (Å²) in [5.41, 5.74) is 2.36. The summed E-state index contributed by atoms with van der Waals surface area (Å²) in [5.74, 6) is 0.757. The Morgan fingerprint density at radius 2 is 1.96 bits per heavy atom. The number of furan rings is 2. The molecule has 0 saturated heterocycles. The highest BCUT2D eigenvalue weighted by atomic mass is 32.2. The molecule has 0 spiro atoms. The Bertz CT molecular complexity index is 949. The van der Waals surface area contributed by atoms with Gasteiger partial charge in [0, 0.05) is 4.90 Å². The first-order chi connectivity index (χ1) is 13.6. The van der Waals surface area contributed by atoms with Gasteiger partial charge in [-0.2, -0.15) is 0 Å². The maximum atomic E-state index is 12.6. The van der Waals surface area contributed by atoms with Crippen LogP contribution in [0.4, 0.5) is 0 Å². The average Bonchev–Trinajstić information content (AvgIpc) is 3.35. The van der Waals surface area contributed by atoms with Crippen molar-refractivity contribution in [2.75, 3.05) is 0 Å². The van der Waals surface area contributed by atoms with Gasteiger partial charge < -0.3 is 14.2 Å². The second kappa shape index (κ2) is 9.33. The van der Waals surface area contributed by atoms with Crippen molar-refractivity contribution in [1.82, 2.24) is 5.32 Å². The maximum absolute atomic E-state index is 12.6. The van der Waals surface area contributed by atoms with E-state index < -0.39 is 0 Å². The number of amides is 1. The van der Waals surface area contributed by atoms with Crippen LogP contribution in [0, 0.1) is 13.8 Å². The number of aryl methyl sites for hydroxylation is 2. The molecular weight excluding hydrogens is 370 g/mol. The highest BCUT2D eigenvalue weighted by Crippen LogP contribution is 2.33. The van der Waals surface area contributed by atoms with Crippen LogP contribution in [0.3, 0.4) is 0 Å². The molecule has 2 heterocycles. The van der Waals surface area contributed by atoms with Crippen molar-refractivity contribution in [3.8, 4) is 0 Å². The van der Waals surface area contributed by atoms with Crippen molar-refractivity contribution < 1.29 is 13.6 Å². The Labute approximate surface area is 169 Å². The van der Waals surface area contributed by atoms with Crippen LogP contribution in [0.15, 0.2) is 86.3 Å². The quantitative estimate of drug-likeness (QED) is 0.475. The molecule has 0 radical (unpaired) electrons. The van der Waals surface area contributed by atoms with Gasteiger partial charge in [0.2, 0.25) is 0 Å². The average molecular weight is 394 g/mol. The van der Waals surface area contributed by atoms with E-state index in [1.807, 2.05) is 36.4 Å². The molecule has 0 bridgehead atoms. The Morgan fingerprint density at radius 1 is 1.18 bits per heavy atom. The molecule has 0 aliphatic carbocycles. The minimum Gasteiger partial charge on any atom is -0.465 e. The SMILES string of the molecule is C=CCC(/C=C/c1ccco1)NC(=O)c1ccc(Sc2c(C)cccc2C)o1. The van der Waals surface area contributed by atoms with E-state index in [4.69, 9.17) is 8.83 Å². The molecule has 1 aromatic carbocycles. The van der Waals surface area contributed by atoms with Crippen molar-refractivity contribution in [2.24, 2.45) is 0 Å². The van der Waals surface area contributed by atoms with Gasteiger partial charge in [0.05, 0.1) is 12.3 Å². The molecule has 0 saturated carbocycles.